The number of aliphatic hydroxyl groups is 1. The van der Waals surface area contributed by atoms with Gasteiger partial charge in [-0.3, -0.25) is 0 Å². The third kappa shape index (κ3) is 3.99. The molecule has 1 saturated carbocycles. The summed E-state index contributed by atoms with van der Waals surface area (Å²) in [6.07, 6.45) is 4.12. The Labute approximate surface area is 136 Å². The van der Waals surface area contributed by atoms with Gasteiger partial charge in [0.15, 0.2) is 0 Å². The van der Waals surface area contributed by atoms with Crippen molar-refractivity contribution in [2.45, 2.75) is 57.7 Å². The maximum Gasteiger partial charge on any atom is 0.0743 e. The molecule has 21 heavy (non-hydrogen) atoms. The minimum atomic E-state index is -0.218. The number of benzene rings is 1. The first-order valence-electron chi connectivity index (χ1n) is 7.98. The van der Waals surface area contributed by atoms with Gasteiger partial charge in [0, 0.05) is 23.2 Å². The lowest BCUT2D eigenvalue weighted by Gasteiger charge is -2.38. The van der Waals surface area contributed by atoms with Crippen molar-refractivity contribution in [2.24, 2.45) is 0 Å². The molecule has 0 bridgehead atoms. The third-order valence-electron chi connectivity index (χ3n) is 4.54. The fraction of sp³-hybridized carbons (Fsp3) is 0.647. The normalized spacial score (nSPS) is 23.9. The van der Waals surface area contributed by atoms with E-state index >= 15 is 0 Å². The van der Waals surface area contributed by atoms with Crippen LogP contribution in [0.2, 0.25) is 0 Å². The predicted octanol–water partition coefficient (Wildman–Crippen LogP) is 3.86. The summed E-state index contributed by atoms with van der Waals surface area (Å²) in [5.74, 6) is 0. The van der Waals surface area contributed by atoms with E-state index in [4.69, 9.17) is 0 Å². The highest BCUT2D eigenvalue weighted by atomic mass is 79.9. The maximum atomic E-state index is 10.3. The highest BCUT2D eigenvalue weighted by Crippen LogP contribution is 2.33. The Morgan fingerprint density at radius 1 is 1.38 bits per heavy atom. The van der Waals surface area contributed by atoms with Crippen LogP contribution in [0.25, 0.3) is 0 Å². The van der Waals surface area contributed by atoms with E-state index in [0.29, 0.717) is 6.04 Å². The maximum absolute atomic E-state index is 10.3. The van der Waals surface area contributed by atoms with Gasteiger partial charge < -0.3 is 15.3 Å². The van der Waals surface area contributed by atoms with Gasteiger partial charge in [-0.1, -0.05) is 41.8 Å². The van der Waals surface area contributed by atoms with Crippen LogP contribution in [0, 0.1) is 0 Å². The molecule has 4 heteroatoms. The van der Waals surface area contributed by atoms with Gasteiger partial charge >= 0.3 is 0 Å². The standard InChI is InChI=1S/C17H27BrN2O/c1-4-19-12(2)14-10-9-13(18)11-16(14)20(3)15-7-5-6-8-17(15)21/h9-12,15,17,19,21H,4-8H2,1-3H3. The van der Waals surface area contributed by atoms with Crippen molar-refractivity contribution in [3.63, 3.8) is 0 Å². The van der Waals surface area contributed by atoms with E-state index < -0.39 is 0 Å². The molecular formula is C17H27BrN2O. The van der Waals surface area contributed by atoms with E-state index in [2.05, 4.69) is 65.2 Å². The fourth-order valence-electron chi connectivity index (χ4n) is 3.33. The summed E-state index contributed by atoms with van der Waals surface area (Å²) >= 11 is 3.58. The van der Waals surface area contributed by atoms with Gasteiger partial charge in [-0.2, -0.15) is 0 Å². The zero-order chi connectivity index (χ0) is 15.4. The van der Waals surface area contributed by atoms with Crippen molar-refractivity contribution in [3.8, 4) is 0 Å². The highest BCUT2D eigenvalue weighted by molar-refractivity contribution is 9.10. The number of aliphatic hydroxyl groups excluding tert-OH is 1. The molecule has 2 rings (SSSR count). The monoisotopic (exact) mass is 354 g/mol. The first kappa shape index (κ1) is 16.8. The molecule has 2 N–H and O–H groups in total. The molecule has 1 aromatic rings. The minimum absolute atomic E-state index is 0.218. The molecule has 3 unspecified atom stereocenters. The number of halogens is 1. The first-order chi connectivity index (χ1) is 10.0. The van der Waals surface area contributed by atoms with Crippen LogP contribution in [0.4, 0.5) is 5.69 Å². The lowest BCUT2D eigenvalue weighted by atomic mass is 9.90. The summed E-state index contributed by atoms with van der Waals surface area (Å²) < 4.78 is 1.09. The summed E-state index contributed by atoms with van der Waals surface area (Å²) in [6, 6.07) is 6.97. The number of hydrogen-bond donors (Lipinski definition) is 2. The summed E-state index contributed by atoms with van der Waals surface area (Å²) in [5, 5.41) is 13.8. The zero-order valence-corrected chi connectivity index (χ0v) is 14.9. The summed E-state index contributed by atoms with van der Waals surface area (Å²) in [6.45, 7) is 5.28. The molecule has 0 radical (unpaired) electrons. The van der Waals surface area contributed by atoms with Gasteiger partial charge in [-0.05, 0) is 44.0 Å². The van der Waals surface area contributed by atoms with Crippen molar-refractivity contribution in [1.82, 2.24) is 5.32 Å². The molecule has 0 aromatic heterocycles. The van der Waals surface area contributed by atoms with Gasteiger partial charge in [0.1, 0.15) is 0 Å². The molecule has 1 aliphatic carbocycles. The van der Waals surface area contributed by atoms with Crippen LogP contribution < -0.4 is 10.2 Å². The van der Waals surface area contributed by atoms with E-state index in [9.17, 15) is 5.11 Å². The van der Waals surface area contributed by atoms with Crippen LogP contribution in [-0.4, -0.2) is 30.8 Å². The Morgan fingerprint density at radius 2 is 2.10 bits per heavy atom. The second kappa shape index (κ2) is 7.61. The second-order valence-corrected chi connectivity index (χ2v) is 6.93. The Kier molecular flexibility index (Phi) is 6.08. The van der Waals surface area contributed by atoms with Gasteiger partial charge in [0.05, 0.1) is 12.1 Å². The highest BCUT2D eigenvalue weighted by Gasteiger charge is 2.28. The topological polar surface area (TPSA) is 35.5 Å². The lowest BCUT2D eigenvalue weighted by molar-refractivity contribution is 0.106. The van der Waals surface area contributed by atoms with Crippen molar-refractivity contribution in [2.75, 3.05) is 18.5 Å². The first-order valence-corrected chi connectivity index (χ1v) is 8.77. The van der Waals surface area contributed by atoms with Gasteiger partial charge in [-0.25, -0.2) is 0 Å². The van der Waals surface area contributed by atoms with Crippen LogP contribution in [0.15, 0.2) is 22.7 Å². The molecular weight excluding hydrogens is 328 g/mol. The third-order valence-corrected chi connectivity index (χ3v) is 5.03. The summed E-state index contributed by atoms with van der Waals surface area (Å²) in [5.41, 5.74) is 2.50. The number of nitrogens with zero attached hydrogens (tertiary/aromatic N) is 1. The number of nitrogens with one attached hydrogen (secondary N) is 1. The molecule has 1 aliphatic rings. The molecule has 118 valence electrons. The average Bonchev–Trinajstić information content (AvgIpc) is 2.47. The van der Waals surface area contributed by atoms with E-state index in [1.54, 1.807) is 0 Å². The number of rotatable bonds is 5. The molecule has 0 amide bonds. The molecule has 0 heterocycles. The number of hydrogen-bond acceptors (Lipinski definition) is 3. The van der Waals surface area contributed by atoms with Crippen molar-refractivity contribution in [1.29, 1.82) is 0 Å². The van der Waals surface area contributed by atoms with Crippen molar-refractivity contribution in [3.05, 3.63) is 28.2 Å². The van der Waals surface area contributed by atoms with E-state index in [1.165, 1.54) is 17.7 Å². The largest absolute Gasteiger partial charge is 0.391 e. The van der Waals surface area contributed by atoms with Crippen molar-refractivity contribution >= 4 is 21.6 Å². The molecule has 1 aromatic carbocycles. The van der Waals surface area contributed by atoms with Crippen LogP contribution in [0.5, 0.6) is 0 Å². The Balaban J connectivity index is 2.29. The molecule has 0 spiro atoms. The second-order valence-electron chi connectivity index (χ2n) is 6.01. The smallest absolute Gasteiger partial charge is 0.0743 e. The summed E-state index contributed by atoms with van der Waals surface area (Å²) in [7, 11) is 2.11. The minimum Gasteiger partial charge on any atom is -0.391 e. The number of anilines is 1. The van der Waals surface area contributed by atoms with Gasteiger partial charge in [-0.15, -0.1) is 0 Å². The molecule has 1 fully saturated rings. The van der Waals surface area contributed by atoms with Crippen LogP contribution in [-0.2, 0) is 0 Å². The summed E-state index contributed by atoms with van der Waals surface area (Å²) in [4.78, 5) is 2.28. The SMILES string of the molecule is CCNC(C)c1ccc(Br)cc1N(C)C1CCCCC1O. The van der Waals surface area contributed by atoms with Crippen LogP contribution in [0.3, 0.4) is 0 Å². The molecule has 3 atom stereocenters. The van der Waals surface area contributed by atoms with Crippen LogP contribution in [0.1, 0.15) is 51.1 Å². The van der Waals surface area contributed by atoms with E-state index in [1.807, 2.05) is 0 Å². The van der Waals surface area contributed by atoms with E-state index in [-0.39, 0.29) is 12.1 Å². The van der Waals surface area contributed by atoms with E-state index in [0.717, 1.165) is 30.3 Å². The van der Waals surface area contributed by atoms with Gasteiger partial charge in [0.25, 0.3) is 0 Å². The zero-order valence-electron chi connectivity index (χ0n) is 13.3. The Bertz CT molecular complexity index is 466. The van der Waals surface area contributed by atoms with Crippen LogP contribution >= 0.6 is 15.9 Å². The quantitative estimate of drug-likeness (QED) is 0.842. The Morgan fingerprint density at radius 3 is 2.76 bits per heavy atom. The lowest BCUT2D eigenvalue weighted by Crippen LogP contribution is -2.44. The van der Waals surface area contributed by atoms with Gasteiger partial charge in [0.2, 0.25) is 0 Å². The average molecular weight is 355 g/mol. The van der Waals surface area contributed by atoms with Crippen molar-refractivity contribution < 1.29 is 5.11 Å². The number of likely N-dealkylation sites (N-methyl/N-ethyl adjacent to an activating group) is 1. The Hall–Kier alpha value is -0.580. The molecule has 0 saturated heterocycles. The fourth-order valence-corrected chi connectivity index (χ4v) is 3.68. The predicted molar refractivity (Wildman–Crippen MR) is 92.9 cm³/mol. The molecule has 0 aliphatic heterocycles. The molecule has 3 nitrogen and oxygen atoms in total.